The Morgan fingerprint density at radius 2 is 2.32 bits per heavy atom. The van der Waals surface area contributed by atoms with E-state index in [1.165, 1.54) is 25.1 Å². The monoisotopic (exact) mass is 497 g/mol. The molecule has 0 radical (unpaired) electrons. The highest BCUT2D eigenvalue weighted by molar-refractivity contribution is 7.71. The predicted molar refractivity (Wildman–Crippen MR) is 107 cm³/mol. The van der Waals surface area contributed by atoms with Crippen molar-refractivity contribution >= 4 is 31.6 Å². The highest BCUT2D eigenvalue weighted by atomic mass is 35.5. The highest BCUT2D eigenvalue weighted by Crippen LogP contribution is 2.56. The van der Waals surface area contributed by atoms with Gasteiger partial charge < -0.3 is 19.5 Å². The molecular formula is C17H17ClFN2O8PS. The average molecular weight is 498 g/mol. The molecule has 1 aromatic carbocycles. The summed E-state index contributed by atoms with van der Waals surface area (Å²) in [7, 11) is -4.84. The van der Waals surface area contributed by atoms with Crippen molar-refractivity contribution in [2.45, 2.75) is 37.8 Å². The molecule has 10 nitrogen and oxygen atoms in total. The van der Waals surface area contributed by atoms with Crippen LogP contribution in [0, 0.1) is 11.6 Å². The van der Waals surface area contributed by atoms with Crippen LogP contribution in [0.3, 0.4) is 0 Å². The summed E-state index contributed by atoms with van der Waals surface area (Å²) in [5.41, 5.74) is -0.522. The number of hydrogen-bond donors (Lipinski definition) is 3. The first-order valence-electron chi connectivity index (χ1n) is 10.1. The summed E-state index contributed by atoms with van der Waals surface area (Å²) in [5, 5.41) is 21.1. The van der Waals surface area contributed by atoms with Crippen molar-refractivity contribution < 1.29 is 41.6 Å². The Hall–Kier alpha value is -1.63. The molecule has 1 aromatic heterocycles. The molecule has 3 heterocycles. The zero-order valence-electron chi connectivity index (χ0n) is 18.6. The standard InChI is InChI=1S/C17H17ClFN2O8PS/c1-8-5-21(16(24)20-14(8)31)15-12(22)13(23)17(19,28-15)7-27-30(25)26-6-9-4-10(18)2-3-11(9)29-30/h2-5,12-13,15,22-23H,6-7H2,1H3,(H,20,24,31)/t12-,13+,15-,17-,30?/m1/s1/i7D2,15D. The molecule has 1 saturated heterocycles. The van der Waals surface area contributed by atoms with Gasteiger partial charge in [0.2, 0.25) is 0 Å². The fourth-order valence-electron chi connectivity index (χ4n) is 2.82. The number of rotatable bonds is 4. The summed E-state index contributed by atoms with van der Waals surface area (Å²) >= 11 is 10.8. The van der Waals surface area contributed by atoms with Crippen LogP contribution in [0.15, 0.2) is 29.2 Å². The molecule has 31 heavy (non-hydrogen) atoms. The van der Waals surface area contributed by atoms with E-state index in [2.05, 4.69) is 4.98 Å². The van der Waals surface area contributed by atoms with Crippen LogP contribution >= 0.6 is 31.6 Å². The summed E-state index contributed by atoms with van der Waals surface area (Å²) < 4.78 is 73.1. The Kier molecular flexibility index (Phi) is 4.91. The van der Waals surface area contributed by atoms with E-state index in [4.69, 9.17) is 46.2 Å². The first-order chi connectivity index (χ1) is 15.6. The van der Waals surface area contributed by atoms with Crippen molar-refractivity contribution in [3.63, 3.8) is 0 Å². The van der Waals surface area contributed by atoms with Crippen molar-refractivity contribution in [3.05, 3.63) is 55.7 Å². The van der Waals surface area contributed by atoms with Crippen molar-refractivity contribution in [1.29, 1.82) is 0 Å². The van der Waals surface area contributed by atoms with Gasteiger partial charge >= 0.3 is 13.5 Å². The van der Waals surface area contributed by atoms with Gasteiger partial charge in [-0.1, -0.05) is 23.8 Å². The molecule has 2 aliphatic rings. The number of phosphoric ester groups is 1. The van der Waals surface area contributed by atoms with Crippen LogP contribution in [-0.2, 0) is 25.0 Å². The van der Waals surface area contributed by atoms with Crippen molar-refractivity contribution in [1.82, 2.24) is 9.55 Å². The molecule has 168 valence electrons. The maximum atomic E-state index is 15.9. The number of nitrogens with one attached hydrogen (secondary N) is 1. The van der Waals surface area contributed by atoms with Crippen molar-refractivity contribution in [2.24, 2.45) is 0 Å². The number of halogens is 2. The fraction of sp³-hybridized carbons (Fsp3) is 0.412. The average Bonchev–Trinajstić information content (AvgIpc) is 2.92. The fourth-order valence-corrected chi connectivity index (χ4v) is 4.25. The SMILES string of the molecule is [2H]C([2H])(OP1(=O)OCc2cc(Cl)ccc2O1)[C@@]1(F)O[C@@]([2H])(n2cc(C)c(=S)[nH]c2=O)[C@H](O)[C@@H]1O. The quantitative estimate of drug-likeness (QED) is 0.430. The van der Waals surface area contributed by atoms with Gasteiger partial charge in [0.25, 0.3) is 5.85 Å². The number of alkyl halides is 1. The Bertz CT molecular complexity index is 1330. The third-order valence-electron chi connectivity index (χ3n) is 4.45. The van der Waals surface area contributed by atoms with Crippen LogP contribution in [0.25, 0.3) is 0 Å². The maximum Gasteiger partial charge on any atom is 0.530 e. The second kappa shape index (κ2) is 8.05. The number of aliphatic hydroxyl groups excluding tert-OH is 2. The number of ether oxygens (including phenoxy) is 1. The molecule has 14 heteroatoms. The molecule has 2 aromatic rings. The lowest BCUT2D eigenvalue weighted by Crippen LogP contribution is -2.43. The van der Waals surface area contributed by atoms with E-state index < -0.39 is 50.9 Å². The van der Waals surface area contributed by atoms with Gasteiger partial charge in [-0.25, -0.2) is 13.8 Å². The van der Waals surface area contributed by atoms with E-state index >= 15 is 4.39 Å². The normalized spacial score (nSPS) is 36.7. The molecule has 2 aliphatic heterocycles. The van der Waals surface area contributed by atoms with E-state index in [1.54, 1.807) is 0 Å². The van der Waals surface area contributed by atoms with Gasteiger partial charge in [-0.15, -0.1) is 0 Å². The number of H-pyrrole nitrogens is 1. The minimum Gasteiger partial charge on any atom is -0.404 e. The zero-order valence-corrected chi connectivity index (χ0v) is 18.0. The molecule has 4 rings (SSSR count). The molecule has 1 unspecified atom stereocenters. The van der Waals surface area contributed by atoms with Crippen LogP contribution in [0.2, 0.25) is 5.02 Å². The van der Waals surface area contributed by atoms with Crippen molar-refractivity contribution in [2.75, 3.05) is 6.56 Å². The van der Waals surface area contributed by atoms with E-state index in [9.17, 15) is 19.6 Å². The molecule has 0 saturated carbocycles. The lowest BCUT2D eigenvalue weighted by atomic mass is 10.1. The van der Waals surface area contributed by atoms with Gasteiger partial charge in [0.15, 0.2) is 6.20 Å². The Balaban J connectivity index is 1.67. The number of nitrogens with zero attached hydrogens (tertiary/aromatic N) is 1. The maximum absolute atomic E-state index is 15.9. The molecule has 0 aliphatic carbocycles. The van der Waals surface area contributed by atoms with E-state index in [0.717, 1.165) is 6.20 Å². The number of hydrogen-bond acceptors (Lipinski definition) is 9. The molecule has 5 atom stereocenters. The first-order valence-corrected chi connectivity index (χ1v) is 10.9. The van der Waals surface area contributed by atoms with Crippen molar-refractivity contribution in [3.8, 4) is 5.75 Å². The van der Waals surface area contributed by atoms with Crippen LogP contribution in [-0.4, -0.2) is 44.4 Å². The molecule has 1 fully saturated rings. The third-order valence-corrected chi connectivity index (χ3v) is 6.29. The topological polar surface area (TPSA) is 132 Å². The van der Waals surface area contributed by atoms with Crippen LogP contribution in [0.1, 0.15) is 21.4 Å². The van der Waals surface area contributed by atoms with Gasteiger partial charge in [0.05, 0.1) is 10.7 Å². The molecule has 0 bridgehead atoms. The summed E-state index contributed by atoms with van der Waals surface area (Å²) in [4.78, 5) is 14.5. The minimum absolute atomic E-state index is 0.00526. The van der Waals surface area contributed by atoms with Gasteiger partial charge in [-0.2, -0.15) is 0 Å². The van der Waals surface area contributed by atoms with E-state index in [-0.39, 0.29) is 16.0 Å². The molecule has 0 amide bonds. The summed E-state index contributed by atoms with van der Waals surface area (Å²) in [6.45, 7) is -2.78. The van der Waals surface area contributed by atoms with Gasteiger partial charge in [0, 0.05) is 22.3 Å². The first kappa shape index (κ1) is 18.9. The number of phosphoric acid groups is 1. The summed E-state index contributed by atoms with van der Waals surface area (Å²) in [6.07, 6.45) is -7.39. The molecule has 3 N–H and O–H groups in total. The Morgan fingerprint density at radius 1 is 1.58 bits per heavy atom. The lowest BCUT2D eigenvalue weighted by Gasteiger charge is -2.28. The number of benzene rings is 1. The Labute approximate surface area is 188 Å². The van der Waals surface area contributed by atoms with Crippen LogP contribution < -0.4 is 10.2 Å². The molecular weight excluding hydrogens is 478 g/mol. The van der Waals surface area contributed by atoms with E-state index in [1.807, 2.05) is 0 Å². The Morgan fingerprint density at radius 3 is 3.06 bits per heavy atom. The van der Waals surface area contributed by atoms with Crippen LogP contribution in [0.5, 0.6) is 5.75 Å². The summed E-state index contributed by atoms with van der Waals surface area (Å²) in [6, 6.07) is 4.14. The summed E-state index contributed by atoms with van der Waals surface area (Å²) in [5.74, 6) is -4.05. The smallest absolute Gasteiger partial charge is 0.404 e. The number of aromatic nitrogens is 2. The number of aliphatic hydroxyl groups is 2. The van der Waals surface area contributed by atoms with Gasteiger partial charge in [0.1, 0.15) is 29.2 Å². The van der Waals surface area contributed by atoms with Gasteiger partial charge in [-0.3, -0.25) is 18.6 Å². The second-order valence-electron chi connectivity index (χ2n) is 6.67. The minimum atomic E-state index is -4.84. The largest absolute Gasteiger partial charge is 0.530 e. The number of fused-ring (bicyclic) bond motifs is 1. The van der Waals surface area contributed by atoms with Crippen LogP contribution in [0.4, 0.5) is 4.39 Å². The lowest BCUT2D eigenvalue weighted by molar-refractivity contribution is -0.205. The highest BCUT2D eigenvalue weighted by Gasteiger charge is 2.57. The molecule has 0 spiro atoms. The zero-order chi connectivity index (χ0) is 25.3. The number of aryl methyl sites for hydroxylation is 1. The number of aromatic amines is 1. The van der Waals surface area contributed by atoms with E-state index in [0.29, 0.717) is 15.2 Å². The predicted octanol–water partition coefficient (Wildman–Crippen LogP) is 2.52. The third kappa shape index (κ3) is 4.22. The van der Waals surface area contributed by atoms with Gasteiger partial charge in [-0.05, 0) is 25.1 Å². The second-order valence-corrected chi connectivity index (χ2v) is 9.04.